The summed E-state index contributed by atoms with van der Waals surface area (Å²) in [6.45, 7) is 5.22. The minimum absolute atomic E-state index is 0.0204. The van der Waals surface area contributed by atoms with Crippen LogP contribution < -0.4 is 11.3 Å². The summed E-state index contributed by atoms with van der Waals surface area (Å²) in [5, 5.41) is 0. The quantitative estimate of drug-likeness (QED) is 0.311. The van der Waals surface area contributed by atoms with Crippen molar-refractivity contribution in [3.05, 3.63) is 11.6 Å². The van der Waals surface area contributed by atoms with Crippen LogP contribution in [-0.2, 0) is 9.47 Å². The second kappa shape index (κ2) is 8.64. The largest absolute Gasteiger partial charge is 0.351 e. The van der Waals surface area contributed by atoms with E-state index in [2.05, 4.69) is 11.5 Å². The number of rotatable bonds is 7. The molecule has 0 spiro atoms. The standard InChI is InChI=1S/C13H26N2O2/c1-3-16-13(17-4-2)12(15-14)11-9-7-5-6-8-10-11/h9,12-13,15H,3-8,10,14H2,1-2H3. The van der Waals surface area contributed by atoms with Crippen LogP contribution in [0, 0.1) is 0 Å². The van der Waals surface area contributed by atoms with Gasteiger partial charge in [-0.25, -0.2) is 5.43 Å². The van der Waals surface area contributed by atoms with Crippen molar-refractivity contribution < 1.29 is 9.47 Å². The number of ether oxygens (including phenoxy) is 2. The molecule has 0 aromatic carbocycles. The van der Waals surface area contributed by atoms with Gasteiger partial charge in [0, 0.05) is 13.2 Å². The number of hydrazine groups is 1. The van der Waals surface area contributed by atoms with Crippen LogP contribution in [0.15, 0.2) is 11.6 Å². The van der Waals surface area contributed by atoms with Gasteiger partial charge in [0.1, 0.15) is 0 Å². The van der Waals surface area contributed by atoms with Gasteiger partial charge in [-0.15, -0.1) is 0 Å². The zero-order valence-corrected chi connectivity index (χ0v) is 11.1. The summed E-state index contributed by atoms with van der Waals surface area (Å²) in [5.41, 5.74) is 4.18. The molecular formula is C13H26N2O2. The predicted molar refractivity (Wildman–Crippen MR) is 69.3 cm³/mol. The van der Waals surface area contributed by atoms with Gasteiger partial charge in [-0.2, -0.15) is 0 Å². The Morgan fingerprint density at radius 3 is 2.53 bits per heavy atom. The molecule has 17 heavy (non-hydrogen) atoms. The first-order valence-corrected chi connectivity index (χ1v) is 6.71. The fourth-order valence-electron chi connectivity index (χ4n) is 2.25. The van der Waals surface area contributed by atoms with Crippen LogP contribution in [0.1, 0.15) is 46.0 Å². The van der Waals surface area contributed by atoms with E-state index in [1.165, 1.54) is 24.8 Å². The lowest BCUT2D eigenvalue weighted by molar-refractivity contribution is -0.148. The van der Waals surface area contributed by atoms with E-state index in [-0.39, 0.29) is 12.3 Å². The molecular weight excluding hydrogens is 216 g/mol. The van der Waals surface area contributed by atoms with Gasteiger partial charge in [-0.1, -0.05) is 18.1 Å². The molecule has 0 saturated carbocycles. The molecule has 1 aliphatic rings. The van der Waals surface area contributed by atoms with Gasteiger partial charge in [0.2, 0.25) is 0 Å². The van der Waals surface area contributed by atoms with Gasteiger partial charge in [0.25, 0.3) is 0 Å². The van der Waals surface area contributed by atoms with Crippen molar-refractivity contribution in [1.29, 1.82) is 0 Å². The Hall–Kier alpha value is -0.420. The highest BCUT2D eigenvalue weighted by Crippen LogP contribution is 2.22. The fourth-order valence-corrected chi connectivity index (χ4v) is 2.25. The first-order chi connectivity index (χ1) is 8.33. The van der Waals surface area contributed by atoms with Gasteiger partial charge < -0.3 is 9.47 Å². The SMILES string of the molecule is CCOC(OCC)C(NN)C1=CCCCCC1. The van der Waals surface area contributed by atoms with Gasteiger partial charge in [0.05, 0.1) is 6.04 Å². The minimum Gasteiger partial charge on any atom is -0.351 e. The van der Waals surface area contributed by atoms with Crippen molar-refractivity contribution in [2.45, 2.75) is 58.3 Å². The van der Waals surface area contributed by atoms with E-state index in [1.807, 2.05) is 13.8 Å². The number of nitrogens with one attached hydrogen (secondary N) is 1. The van der Waals surface area contributed by atoms with E-state index in [1.54, 1.807) is 0 Å². The summed E-state index contributed by atoms with van der Waals surface area (Å²) < 4.78 is 11.2. The van der Waals surface area contributed by atoms with Crippen molar-refractivity contribution in [2.24, 2.45) is 5.84 Å². The zero-order valence-electron chi connectivity index (χ0n) is 11.1. The maximum atomic E-state index is 5.67. The Labute approximate surface area is 105 Å². The van der Waals surface area contributed by atoms with Crippen LogP contribution in [0.25, 0.3) is 0 Å². The highest BCUT2D eigenvalue weighted by Gasteiger charge is 2.25. The van der Waals surface area contributed by atoms with Crippen LogP contribution >= 0.6 is 0 Å². The fraction of sp³-hybridized carbons (Fsp3) is 0.846. The summed E-state index contributed by atoms with van der Waals surface area (Å²) in [6.07, 6.45) is 8.04. The zero-order chi connectivity index (χ0) is 12.5. The highest BCUT2D eigenvalue weighted by molar-refractivity contribution is 5.13. The van der Waals surface area contributed by atoms with Crippen molar-refractivity contribution in [3.8, 4) is 0 Å². The summed E-state index contributed by atoms with van der Waals surface area (Å²) in [4.78, 5) is 0. The molecule has 0 heterocycles. The minimum atomic E-state index is -0.278. The van der Waals surface area contributed by atoms with Crippen LogP contribution in [0.5, 0.6) is 0 Å². The summed E-state index contributed by atoms with van der Waals surface area (Å²) >= 11 is 0. The van der Waals surface area contributed by atoms with Gasteiger partial charge >= 0.3 is 0 Å². The average molecular weight is 242 g/mol. The number of nitrogens with two attached hydrogens (primary N) is 1. The number of hydrogen-bond donors (Lipinski definition) is 2. The van der Waals surface area contributed by atoms with Gasteiger partial charge in [0.15, 0.2) is 6.29 Å². The van der Waals surface area contributed by atoms with E-state index in [0.717, 1.165) is 12.8 Å². The molecule has 4 heteroatoms. The van der Waals surface area contributed by atoms with Crippen LogP contribution in [0.4, 0.5) is 0 Å². The molecule has 1 rings (SSSR count). The van der Waals surface area contributed by atoms with Crippen molar-refractivity contribution >= 4 is 0 Å². The van der Waals surface area contributed by atoms with E-state index in [4.69, 9.17) is 15.3 Å². The molecule has 1 unspecified atom stereocenters. The average Bonchev–Trinajstić information content (AvgIpc) is 2.60. The number of allylic oxidation sites excluding steroid dienone is 1. The van der Waals surface area contributed by atoms with Crippen LogP contribution in [0.2, 0.25) is 0 Å². The molecule has 3 N–H and O–H groups in total. The first-order valence-electron chi connectivity index (χ1n) is 6.71. The first kappa shape index (κ1) is 14.6. The van der Waals surface area contributed by atoms with E-state index in [9.17, 15) is 0 Å². The number of hydrogen-bond acceptors (Lipinski definition) is 4. The van der Waals surface area contributed by atoms with E-state index < -0.39 is 0 Å². The smallest absolute Gasteiger partial charge is 0.177 e. The second-order valence-electron chi connectivity index (χ2n) is 4.30. The molecule has 0 amide bonds. The van der Waals surface area contributed by atoms with Gasteiger partial charge in [-0.3, -0.25) is 5.84 Å². The molecule has 1 atom stereocenters. The Kier molecular flexibility index (Phi) is 7.44. The molecule has 0 bridgehead atoms. The lowest BCUT2D eigenvalue weighted by Gasteiger charge is -2.28. The Balaban J connectivity index is 2.67. The third-order valence-electron chi connectivity index (χ3n) is 3.09. The highest BCUT2D eigenvalue weighted by atomic mass is 16.7. The van der Waals surface area contributed by atoms with Crippen LogP contribution in [0.3, 0.4) is 0 Å². The topological polar surface area (TPSA) is 56.5 Å². The third kappa shape index (κ3) is 4.76. The maximum absolute atomic E-state index is 5.67. The molecule has 0 aromatic heterocycles. The Bertz CT molecular complexity index is 225. The van der Waals surface area contributed by atoms with Crippen molar-refractivity contribution in [2.75, 3.05) is 13.2 Å². The Morgan fingerprint density at radius 1 is 1.24 bits per heavy atom. The lowest BCUT2D eigenvalue weighted by Crippen LogP contribution is -2.47. The van der Waals surface area contributed by atoms with E-state index >= 15 is 0 Å². The molecule has 1 aliphatic carbocycles. The van der Waals surface area contributed by atoms with E-state index in [0.29, 0.717) is 13.2 Å². The van der Waals surface area contributed by atoms with Crippen molar-refractivity contribution in [1.82, 2.24) is 5.43 Å². The molecule has 0 aliphatic heterocycles. The third-order valence-corrected chi connectivity index (χ3v) is 3.09. The lowest BCUT2D eigenvalue weighted by atomic mass is 10.0. The van der Waals surface area contributed by atoms with Crippen LogP contribution in [-0.4, -0.2) is 25.5 Å². The molecule has 0 aromatic rings. The summed E-state index contributed by atoms with van der Waals surface area (Å²) in [7, 11) is 0. The molecule has 0 saturated heterocycles. The second-order valence-corrected chi connectivity index (χ2v) is 4.30. The van der Waals surface area contributed by atoms with Crippen molar-refractivity contribution in [3.63, 3.8) is 0 Å². The normalized spacial score (nSPS) is 18.9. The summed E-state index contributed by atoms with van der Waals surface area (Å²) in [5.74, 6) is 5.67. The van der Waals surface area contributed by atoms with Gasteiger partial charge in [-0.05, 0) is 39.5 Å². The maximum Gasteiger partial charge on any atom is 0.177 e. The molecule has 4 nitrogen and oxygen atoms in total. The summed E-state index contributed by atoms with van der Waals surface area (Å²) in [6, 6.07) is -0.0204. The Morgan fingerprint density at radius 2 is 1.94 bits per heavy atom. The molecule has 0 fully saturated rings. The molecule has 100 valence electrons. The predicted octanol–water partition coefficient (Wildman–Crippen LogP) is 2.11. The molecule has 0 radical (unpaired) electrons. The monoisotopic (exact) mass is 242 g/mol.